The second-order valence-corrected chi connectivity index (χ2v) is 6.47. The van der Waals surface area contributed by atoms with Crippen LogP contribution in [0.1, 0.15) is 12.5 Å². The monoisotopic (exact) mass is 393 g/mol. The Hall–Kier alpha value is -3.52. The van der Waals surface area contributed by atoms with Crippen molar-refractivity contribution in [2.45, 2.75) is 25.9 Å². The number of carboxylic acids is 1. The van der Waals surface area contributed by atoms with Crippen molar-refractivity contribution >= 4 is 17.7 Å². The molecule has 8 heteroatoms. The van der Waals surface area contributed by atoms with Crippen molar-refractivity contribution in [3.63, 3.8) is 0 Å². The number of pyridine rings is 1. The molecule has 0 saturated heterocycles. The number of aromatic nitrogens is 3. The summed E-state index contributed by atoms with van der Waals surface area (Å²) in [5, 5.41) is 19.2. The van der Waals surface area contributed by atoms with Crippen LogP contribution in [0.4, 0.5) is 5.82 Å². The van der Waals surface area contributed by atoms with Gasteiger partial charge in [0.05, 0.1) is 18.3 Å². The molecule has 1 unspecified atom stereocenters. The second-order valence-electron chi connectivity index (χ2n) is 6.47. The zero-order chi connectivity index (χ0) is 20.6. The van der Waals surface area contributed by atoms with E-state index < -0.39 is 12.0 Å². The fraction of sp³-hybridized carbons (Fsp3) is 0.238. The summed E-state index contributed by atoms with van der Waals surface area (Å²) in [4.78, 5) is 27.9. The van der Waals surface area contributed by atoms with Gasteiger partial charge in [-0.15, -0.1) is 0 Å². The van der Waals surface area contributed by atoms with Gasteiger partial charge in [-0.25, -0.2) is 4.68 Å². The normalized spacial score (nSPS) is 11.8. The summed E-state index contributed by atoms with van der Waals surface area (Å²) in [6, 6.07) is 14.3. The number of nitrogens with zero attached hydrogens (tertiary/aromatic N) is 3. The maximum absolute atomic E-state index is 12.9. The van der Waals surface area contributed by atoms with Crippen LogP contribution in [-0.4, -0.2) is 44.3 Å². The average molecular weight is 393 g/mol. The van der Waals surface area contributed by atoms with E-state index in [0.717, 1.165) is 16.8 Å². The number of carbonyl (C=O) groups excluding carboxylic acids is 1. The summed E-state index contributed by atoms with van der Waals surface area (Å²) in [5.74, 6) is -0.778. The number of hydrogen-bond donors (Lipinski definition) is 3. The van der Waals surface area contributed by atoms with E-state index in [1.54, 1.807) is 23.1 Å². The van der Waals surface area contributed by atoms with E-state index in [1.807, 2.05) is 49.4 Å². The van der Waals surface area contributed by atoms with Gasteiger partial charge in [0, 0.05) is 30.6 Å². The molecule has 0 aliphatic rings. The van der Waals surface area contributed by atoms with Crippen LogP contribution < -0.4 is 10.6 Å². The smallest absolute Gasteiger partial charge is 0.317 e. The van der Waals surface area contributed by atoms with Gasteiger partial charge < -0.3 is 10.4 Å². The number of amides is 1. The van der Waals surface area contributed by atoms with Crippen molar-refractivity contribution in [1.82, 2.24) is 20.1 Å². The molecule has 0 aliphatic heterocycles. The Bertz CT molecular complexity index is 957. The second kappa shape index (κ2) is 9.61. The number of aryl methyl sites for hydroxylation is 1. The van der Waals surface area contributed by atoms with Gasteiger partial charge in [0.25, 0.3) is 0 Å². The zero-order valence-corrected chi connectivity index (χ0v) is 16.1. The minimum atomic E-state index is -1.02. The first kappa shape index (κ1) is 20.2. The first-order chi connectivity index (χ1) is 14.1. The van der Waals surface area contributed by atoms with Crippen molar-refractivity contribution in [3.05, 3.63) is 66.5 Å². The molecule has 0 aliphatic carbocycles. The maximum atomic E-state index is 12.9. The summed E-state index contributed by atoms with van der Waals surface area (Å²) in [5.41, 5.74) is 2.56. The SMILES string of the molecule is CCn1nc(-c2ccncc2)cc1NC(=O)C(Cc1ccccc1)NCC(=O)O. The van der Waals surface area contributed by atoms with Gasteiger partial charge in [-0.3, -0.25) is 19.9 Å². The Labute approximate surface area is 168 Å². The molecule has 29 heavy (non-hydrogen) atoms. The summed E-state index contributed by atoms with van der Waals surface area (Å²) < 4.78 is 1.70. The van der Waals surface area contributed by atoms with Crippen molar-refractivity contribution in [3.8, 4) is 11.3 Å². The van der Waals surface area contributed by atoms with Crippen LogP contribution in [-0.2, 0) is 22.6 Å². The fourth-order valence-corrected chi connectivity index (χ4v) is 2.95. The summed E-state index contributed by atoms with van der Waals surface area (Å²) >= 11 is 0. The van der Waals surface area contributed by atoms with E-state index in [0.29, 0.717) is 18.8 Å². The highest BCUT2D eigenvalue weighted by atomic mass is 16.4. The molecule has 1 amide bonds. The Morgan fingerprint density at radius 2 is 1.86 bits per heavy atom. The van der Waals surface area contributed by atoms with Gasteiger partial charge in [-0.2, -0.15) is 5.10 Å². The van der Waals surface area contributed by atoms with Crippen LogP contribution in [0, 0.1) is 0 Å². The van der Waals surface area contributed by atoms with Crippen LogP contribution in [0.3, 0.4) is 0 Å². The lowest BCUT2D eigenvalue weighted by Crippen LogP contribution is -2.44. The highest BCUT2D eigenvalue weighted by Gasteiger charge is 2.21. The number of rotatable bonds is 9. The Morgan fingerprint density at radius 3 is 2.52 bits per heavy atom. The Balaban J connectivity index is 1.79. The predicted octanol–water partition coefficient (Wildman–Crippen LogP) is 2.19. The van der Waals surface area contributed by atoms with E-state index in [2.05, 4.69) is 20.7 Å². The minimum absolute atomic E-state index is 0.305. The van der Waals surface area contributed by atoms with Crippen LogP contribution in [0.25, 0.3) is 11.3 Å². The standard InChI is InChI=1S/C21H23N5O3/c1-2-26-19(13-17(25-26)16-8-10-22-11-9-16)24-21(29)18(23-14-20(27)28)12-15-6-4-3-5-7-15/h3-11,13,18,23H,2,12,14H2,1H3,(H,24,29)(H,27,28). The third-order valence-corrected chi connectivity index (χ3v) is 4.41. The summed E-state index contributed by atoms with van der Waals surface area (Å²) in [7, 11) is 0. The molecule has 0 radical (unpaired) electrons. The molecule has 0 saturated carbocycles. The van der Waals surface area contributed by atoms with Crippen LogP contribution in [0.5, 0.6) is 0 Å². The topological polar surface area (TPSA) is 109 Å². The molecule has 1 atom stereocenters. The molecular formula is C21H23N5O3. The van der Waals surface area contributed by atoms with Gasteiger partial charge in [-0.05, 0) is 31.0 Å². The first-order valence-corrected chi connectivity index (χ1v) is 9.35. The summed E-state index contributed by atoms with van der Waals surface area (Å²) in [6.45, 7) is 2.20. The van der Waals surface area contributed by atoms with Gasteiger partial charge in [0.1, 0.15) is 5.82 Å². The van der Waals surface area contributed by atoms with Gasteiger partial charge in [0.2, 0.25) is 5.91 Å². The van der Waals surface area contributed by atoms with Gasteiger partial charge in [-0.1, -0.05) is 30.3 Å². The number of aliphatic carboxylic acids is 1. The van der Waals surface area contributed by atoms with E-state index in [9.17, 15) is 9.59 Å². The number of hydrogen-bond acceptors (Lipinski definition) is 5. The van der Waals surface area contributed by atoms with E-state index in [1.165, 1.54) is 0 Å². The molecule has 2 heterocycles. The third-order valence-electron chi connectivity index (χ3n) is 4.41. The van der Waals surface area contributed by atoms with E-state index >= 15 is 0 Å². The number of nitrogens with one attached hydrogen (secondary N) is 2. The fourth-order valence-electron chi connectivity index (χ4n) is 2.95. The van der Waals surface area contributed by atoms with Crippen LogP contribution in [0.2, 0.25) is 0 Å². The molecule has 3 rings (SSSR count). The molecule has 8 nitrogen and oxygen atoms in total. The number of benzene rings is 1. The number of anilines is 1. The lowest BCUT2D eigenvalue weighted by molar-refractivity contribution is -0.136. The Morgan fingerprint density at radius 1 is 1.14 bits per heavy atom. The largest absolute Gasteiger partial charge is 0.480 e. The lowest BCUT2D eigenvalue weighted by Gasteiger charge is -2.18. The van der Waals surface area contributed by atoms with Crippen LogP contribution in [0.15, 0.2) is 60.9 Å². The molecule has 2 aromatic heterocycles. The molecule has 1 aromatic carbocycles. The van der Waals surface area contributed by atoms with E-state index in [4.69, 9.17) is 5.11 Å². The van der Waals surface area contributed by atoms with Crippen molar-refractivity contribution in [2.24, 2.45) is 0 Å². The molecule has 0 spiro atoms. The molecule has 3 aromatic rings. The third kappa shape index (κ3) is 5.49. The highest BCUT2D eigenvalue weighted by Crippen LogP contribution is 2.21. The number of carboxylic acid groups (broad SMARTS) is 1. The molecule has 0 fully saturated rings. The Kier molecular flexibility index (Phi) is 6.70. The average Bonchev–Trinajstić information content (AvgIpc) is 3.15. The summed E-state index contributed by atoms with van der Waals surface area (Å²) in [6.07, 6.45) is 3.74. The van der Waals surface area contributed by atoms with Gasteiger partial charge >= 0.3 is 5.97 Å². The molecule has 3 N–H and O–H groups in total. The minimum Gasteiger partial charge on any atom is -0.480 e. The maximum Gasteiger partial charge on any atom is 0.317 e. The molecular weight excluding hydrogens is 370 g/mol. The quantitative estimate of drug-likeness (QED) is 0.514. The van der Waals surface area contributed by atoms with Crippen molar-refractivity contribution < 1.29 is 14.7 Å². The predicted molar refractivity (Wildman–Crippen MR) is 109 cm³/mol. The van der Waals surface area contributed by atoms with E-state index in [-0.39, 0.29) is 12.5 Å². The number of carbonyl (C=O) groups is 2. The van der Waals surface area contributed by atoms with Crippen molar-refractivity contribution in [1.29, 1.82) is 0 Å². The van der Waals surface area contributed by atoms with Crippen LogP contribution >= 0.6 is 0 Å². The highest BCUT2D eigenvalue weighted by molar-refractivity contribution is 5.95. The molecule has 150 valence electrons. The van der Waals surface area contributed by atoms with Gasteiger partial charge in [0.15, 0.2) is 0 Å². The first-order valence-electron chi connectivity index (χ1n) is 9.35. The van der Waals surface area contributed by atoms with Crippen molar-refractivity contribution in [2.75, 3.05) is 11.9 Å². The molecule has 0 bridgehead atoms. The zero-order valence-electron chi connectivity index (χ0n) is 16.1. The lowest BCUT2D eigenvalue weighted by atomic mass is 10.1.